The lowest BCUT2D eigenvalue weighted by atomic mass is 9.98. The summed E-state index contributed by atoms with van der Waals surface area (Å²) in [5.74, 6) is 0.617. The number of nitrogens with one attached hydrogen (secondary N) is 2. The maximum Gasteiger partial charge on any atom is 0.279 e. The Hall–Kier alpha value is -0.210. The van der Waals surface area contributed by atoms with Crippen molar-refractivity contribution < 1.29 is 13.2 Å². The summed E-state index contributed by atoms with van der Waals surface area (Å²) in [7, 11) is -1.75. The molecule has 0 atom stereocenters. The van der Waals surface area contributed by atoms with Crippen LogP contribution in [-0.2, 0) is 14.9 Å². The molecule has 112 valence electrons. The van der Waals surface area contributed by atoms with Crippen molar-refractivity contribution in [3.05, 3.63) is 0 Å². The van der Waals surface area contributed by atoms with E-state index in [1.165, 1.54) is 12.8 Å². The second kappa shape index (κ2) is 6.99. The average molecular weight is 291 g/mol. The van der Waals surface area contributed by atoms with Gasteiger partial charge in [-0.15, -0.1) is 0 Å². The molecule has 0 aromatic heterocycles. The molecule has 1 saturated carbocycles. The third-order valence-corrected chi connectivity index (χ3v) is 5.39. The maximum atomic E-state index is 12.0. The number of nitrogens with zero attached hydrogens (tertiary/aromatic N) is 1. The summed E-state index contributed by atoms with van der Waals surface area (Å²) in [6, 6.07) is 0.734. The summed E-state index contributed by atoms with van der Waals surface area (Å²) in [5.41, 5.74) is 0. The van der Waals surface area contributed by atoms with E-state index in [0.717, 1.165) is 25.4 Å². The van der Waals surface area contributed by atoms with E-state index < -0.39 is 10.2 Å². The summed E-state index contributed by atoms with van der Waals surface area (Å²) >= 11 is 0. The summed E-state index contributed by atoms with van der Waals surface area (Å²) in [4.78, 5) is 0. The van der Waals surface area contributed by atoms with Crippen molar-refractivity contribution in [1.82, 2.24) is 14.3 Å². The Morgan fingerprint density at radius 2 is 1.89 bits per heavy atom. The Morgan fingerprint density at radius 3 is 2.47 bits per heavy atom. The first-order chi connectivity index (χ1) is 9.12. The van der Waals surface area contributed by atoms with E-state index in [1.54, 1.807) is 11.4 Å². The molecule has 19 heavy (non-hydrogen) atoms. The summed E-state index contributed by atoms with van der Waals surface area (Å²) in [6.45, 7) is 3.03. The van der Waals surface area contributed by atoms with Gasteiger partial charge < -0.3 is 10.1 Å². The lowest BCUT2D eigenvalue weighted by molar-refractivity contribution is 0.202. The molecule has 2 fully saturated rings. The number of hydrogen-bond donors (Lipinski definition) is 2. The molecule has 1 aliphatic carbocycles. The van der Waals surface area contributed by atoms with E-state index in [2.05, 4.69) is 10.0 Å². The van der Waals surface area contributed by atoms with Crippen LogP contribution in [-0.4, -0.2) is 58.7 Å². The van der Waals surface area contributed by atoms with Crippen LogP contribution in [0.1, 0.15) is 25.7 Å². The first-order valence-corrected chi connectivity index (χ1v) is 8.53. The van der Waals surface area contributed by atoms with E-state index in [9.17, 15) is 8.42 Å². The molecule has 1 saturated heterocycles. The number of ether oxygens (including phenoxy) is 1. The SMILES string of the molecule is COCCNS(=O)(=O)N1CCC(CNC2CC2)CC1. The molecule has 0 amide bonds. The van der Waals surface area contributed by atoms with Crippen LogP contribution in [0.4, 0.5) is 0 Å². The van der Waals surface area contributed by atoms with Gasteiger partial charge in [-0.1, -0.05) is 0 Å². The quantitative estimate of drug-likeness (QED) is 0.614. The van der Waals surface area contributed by atoms with Gasteiger partial charge in [0.2, 0.25) is 0 Å². The Bertz CT molecular complexity index is 362. The third kappa shape index (κ3) is 5.00. The minimum Gasteiger partial charge on any atom is -0.383 e. The third-order valence-electron chi connectivity index (χ3n) is 3.78. The molecule has 0 aromatic carbocycles. The fourth-order valence-corrected chi connectivity index (χ4v) is 3.55. The lowest BCUT2D eigenvalue weighted by Crippen LogP contribution is -2.46. The van der Waals surface area contributed by atoms with Gasteiger partial charge in [0.25, 0.3) is 10.2 Å². The molecule has 0 unspecified atom stereocenters. The van der Waals surface area contributed by atoms with Crippen molar-refractivity contribution in [2.24, 2.45) is 5.92 Å². The van der Waals surface area contributed by atoms with E-state index >= 15 is 0 Å². The number of piperidine rings is 1. The fraction of sp³-hybridized carbons (Fsp3) is 1.00. The standard InChI is InChI=1S/C12H25N3O3S/c1-18-9-6-14-19(16,17)15-7-4-11(5-8-15)10-13-12-2-3-12/h11-14H,2-10H2,1H3. The second-order valence-electron chi connectivity index (χ2n) is 5.42. The van der Waals surface area contributed by atoms with Crippen molar-refractivity contribution in [1.29, 1.82) is 0 Å². The zero-order chi connectivity index (χ0) is 13.7. The number of rotatable bonds is 8. The highest BCUT2D eigenvalue weighted by Gasteiger charge is 2.28. The predicted molar refractivity (Wildman–Crippen MR) is 74.1 cm³/mol. The largest absolute Gasteiger partial charge is 0.383 e. The lowest BCUT2D eigenvalue weighted by Gasteiger charge is -2.31. The van der Waals surface area contributed by atoms with Crippen LogP contribution in [0.5, 0.6) is 0 Å². The van der Waals surface area contributed by atoms with Crippen molar-refractivity contribution in [2.45, 2.75) is 31.7 Å². The van der Waals surface area contributed by atoms with E-state index in [0.29, 0.717) is 32.2 Å². The molecule has 1 aliphatic heterocycles. The van der Waals surface area contributed by atoms with Gasteiger partial charge >= 0.3 is 0 Å². The summed E-state index contributed by atoms with van der Waals surface area (Å²) in [6.07, 6.45) is 4.50. The number of methoxy groups -OCH3 is 1. The van der Waals surface area contributed by atoms with Crippen LogP contribution < -0.4 is 10.0 Å². The van der Waals surface area contributed by atoms with Crippen LogP contribution in [0.25, 0.3) is 0 Å². The first kappa shape index (κ1) is 15.2. The van der Waals surface area contributed by atoms with E-state index in [-0.39, 0.29) is 0 Å². The molecule has 0 spiro atoms. The molecule has 2 N–H and O–H groups in total. The molecule has 0 aromatic rings. The molecule has 1 heterocycles. The monoisotopic (exact) mass is 291 g/mol. The Morgan fingerprint density at radius 1 is 1.21 bits per heavy atom. The van der Waals surface area contributed by atoms with E-state index in [1.807, 2.05) is 0 Å². The molecule has 0 bridgehead atoms. The minimum atomic E-state index is -3.32. The molecule has 2 aliphatic rings. The van der Waals surface area contributed by atoms with Gasteiger partial charge in [0, 0.05) is 32.8 Å². The zero-order valence-corrected chi connectivity index (χ0v) is 12.4. The van der Waals surface area contributed by atoms with Crippen LogP contribution in [0.3, 0.4) is 0 Å². The molecule has 0 radical (unpaired) electrons. The summed E-state index contributed by atoms with van der Waals surface area (Å²) < 4.78 is 32.9. The van der Waals surface area contributed by atoms with Gasteiger partial charge in [0.05, 0.1) is 6.61 Å². The molecule has 2 rings (SSSR count). The Labute approximate surface area is 116 Å². The maximum absolute atomic E-state index is 12.0. The van der Waals surface area contributed by atoms with Crippen molar-refractivity contribution in [3.63, 3.8) is 0 Å². The van der Waals surface area contributed by atoms with Crippen molar-refractivity contribution in [3.8, 4) is 0 Å². The Kier molecular flexibility index (Phi) is 5.58. The summed E-state index contributed by atoms with van der Waals surface area (Å²) in [5, 5.41) is 3.52. The molecular formula is C12H25N3O3S. The van der Waals surface area contributed by atoms with Gasteiger partial charge in [-0.2, -0.15) is 17.4 Å². The van der Waals surface area contributed by atoms with Crippen molar-refractivity contribution in [2.75, 3.05) is 39.9 Å². The fourth-order valence-electron chi connectivity index (χ4n) is 2.34. The molecule has 6 nitrogen and oxygen atoms in total. The average Bonchev–Trinajstić information content (AvgIpc) is 3.21. The molecular weight excluding hydrogens is 266 g/mol. The van der Waals surface area contributed by atoms with Gasteiger partial charge in [-0.05, 0) is 38.1 Å². The van der Waals surface area contributed by atoms with Gasteiger partial charge in [0.15, 0.2) is 0 Å². The predicted octanol–water partition coefficient (Wildman–Crippen LogP) is -0.0688. The van der Waals surface area contributed by atoms with Gasteiger partial charge in [0.1, 0.15) is 0 Å². The van der Waals surface area contributed by atoms with Gasteiger partial charge in [-0.25, -0.2) is 0 Å². The zero-order valence-electron chi connectivity index (χ0n) is 11.6. The number of hydrogen-bond acceptors (Lipinski definition) is 4. The highest BCUT2D eigenvalue weighted by molar-refractivity contribution is 7.87. The normalized spacial score (nSPS) is 22.8. The van der Waals surface area contributed by atoms with Gasteiger partial charge in [-0.3, -0.25) is 0 Å². The smallest absolute Gasteiger partial charge is 0.279 e. The van der Waals surface area contributed by atoms with Crippen LogP contribution in [0, 0.1) is 5.92 Å². The minimum absolute atomic E-state index is 0.335. The molecule has 7 heteroatoms. The Balaban J connectivity index is 1.68. The second-order valence-corrected chi connectivity index (χ2v) is 7.17. The highest BCUT2D eigenvalue weighted by atomic mass is 32.2. The van der Waals surface area contributed by atoms with E-state index in [4.69, 9.17) is 4.74 Å². The highest BCUT2D eigenvalue weighted by Crippen LogP contribution is 2.22. The first-order valence-electron chi connectivity index (χ1n) is 7.09. The van der Waals surface area contributed by atoms with Crippen LogP contribution in [0.15, 0.2) is 0 Å². The topological polar surface area (TPSA) is 70.7 Å². The van der Waals surface area contributed by atoms with Crippen LogP contribution >= 0.6 is 0 Å². The van der Waals surface area contributed by atoms with Crippen molar-refractivity contribution >= 4 is 10.2 Å². The van der Waals surface area contributed by atoms with Crippen LogP contribution in [0.2, 0.25) is 0 Å².